The van der Waals surface area contributed by atoms with Crippen molar-refractivity contribution in [3.8, 4) is 17.2 Å². The second-order valence-corrected chi connectivity index (χ2v) is 9.46. The largest absolute Gasteiger partial charge is 0.495 e. The highest BCUT2D eigenvalue weighted by Gasteiger charge is 2.33. The van der Waals surface area contributed by atoms with Crippen molar-refractivity contribution in [1.82, 2.24) is 4.90 Å². The lowest BCUT2D eigenvalue weighted by molar-refractivity contribution is -0.137. The number of benzene rings is 2. The lowest BCUT2D eigenvalue weighted by Crippen LogP contribution is -2.47. The number of nitrogens with two attached hydrogens (primary N) is 1. The van der Waals surface area contributed by atoms with E-state index in [1.807, 2.05) is 30.9 Å². The summed E-state index contributed by atoms with van der Waals surface area (Å²) in [5.74, 6) is 1.92. The minimum absolute atomic E-state index is 0.268. The van der Waals surface area contributed by atoms with Crippen LogP contribution in [0.25, 0.3) is 0 Å². The van der Waals surface area contributed by atoms with Crippen LogP contribution in [-0.4, -0.2) is 56.9 Å². The van der Waals surface area contributed by atoms with Crippen LogP contribution in [0, 0.1) is 0 Å². The molecule has 0 spiro atoms. The summed E-state index contributed by atoms with van der Waals surface area (Å²) in [5, 5.41) is 0. The van der Waals surface area contributed by atoms with Gasteiger partial charge in [0.1, 0.15) is 11.4 Å². The van der Waals surface area contributed by atoms with E-state index >= 15 is 0 Å². The van der Waals surface area contributed by atoms with Crippen molar-refractivity contribution in [2.24, 2.45) is 0 Å². The number of nitrogens with zero attached hydrogens (tertiary/aromatic N) is 2. The Morgan fingerprint density at radius 2 is 1.79 bits per heavy atom. The van der Waals surface area contributed by atoms with Gasteiger partial charge in [-0.2, -0.15) is 13.2 Å². The Morgan fingerprint density at radius 1 is 1.06 bits per heavy atom. The van der Waals surface area contributed by atoms with Gasteiger partial charge in [0.2, 0.25) is 0 Å². The van der Waals surface area contributed by atoms with Crippen LogP contribution in [0.1, 0.15) is 31.4 Å². The Labute approximate surface area is 198 Å². The molecule has 0 amide bonds. The average molecular weight is 480 g/mol. The maximum absolute atomic E-state index is 13.2. The summed E-state index contributed by atoms with van der Waals surface area (Å²) in [4.78, 5) is 4.25. The number of hydrogen-bond acceptors (Lipinski definition) is 6. The third kappa shape index (κ3) is 5.46. The first-order valence-electron chi connectivity index (χ1n) is 11.5. The summed E-state index contributed by atoms with van der Waals surface area (Å²) in [6.45, 7) is 8.22. The third-order valence-corrected chi connectivity index (χ3v) is 6.24. The number of piperazine rings is 1. The fourth-order valence-corrected chi connectivity index (χ4v) is 4.61. The van der Waals surface area contributed by atoms with E-state index in [-0.39, 0.29) is 5.60 Å². The predicted molar refractivity (Wildman–Crippen MR) is 126 cm³/mol. The molecular weight excluding hydrogens is 447 g/mol. The van der Waals surface area contributed by atoms with Crippen LogP contribution < -0.4 is 24.8 Å². The quantitative estimate of drug-likeness (QED) is 0.463. The van der Waals surface area contributed by atoms with Gasteiger partial charge in [0, 0.05) is 56.5 Å². The van der Waals surface area contributed by atoms with E-state index in [9.17, 15) is 13.2 Å². The molecule has 9 heteroatoms. The zero-order valence-corrected chi connectivity index (χ0v) is 19.9. The molecule has 0 radical (unpaired) electrons. The second kappa shape index (κ2) is 9.44. The number of ether oxygens (including phenoxy) is 3. The molecular formula is C25H32F3N3O3. The molecule has 0 saturated carbocycles. The first kappa shape index (κ1) is 24.3. The molecule has 2 aliphatic heterocycles. The van der Waals surface area contributed by atoms with E-state index in [1.165, 1.54) is 19.2 Å². The SMILES string of the molecule is COc1ccc(C(F)(F)F)cc1N1CCN(CCCOc2cc(N)cc3c2OC(C)(C)C3)CC1. The summed E-state index contributed by atoms with van der Waals surface area (Å²) in [6, 6.07) is 7.37. The zero-order chi connectivity index (χ0) is 24.5. The molecule has 2 aliphatic rings. The Kier molecular flexibility index (Phi) is 6.75. The molecule has 6 nitrogen and oxygen atoms in total. The van der Waals surface area contributed by atoms with Crippen molar-refractivity contribution < 1.29 is 27.4 Å². The number of methoxy groups -OCH3 is 1. The average Bonchev–Trinajstić information content (AvgIpc) is 3.09. The van der Waals surface area contributed by atoms with Crippen molar-refractivity contribution in [1.29, 1.82) is 0 Å². The molecule has 34 heavy (non-hydrogen) atoms. The lowest BCUT2D eigenvalue weighted by atomic mass is 10.0. The molecule has 1 saturated heterocycles. The Hall–Kier alpha value is -2.81. The van der Waals surface area contributed by atoms with Crippen LogP contribution in [0.5, 0.6) is 17.2 Å². The molecule has 2 heterocycles. The monoisotopic (exact) mass is 479 g/mol. The predicted octanol–water partition coefficient (Wildman–Crippen LogP) is 4.60. The van der Waals surface area contributed by atoms with Gasteiger partial charge in [0.15, 0.2) is 11.5 Å². The topological polar surface area (TPSA) is 60.2 Å². The Bertz CT molecular complexity index is 1020. The summed E-state index contributed by atoms with van der Waals surface area (Å²) >= 11 is 0. The van der Waals surface area contributed by atoms with Crippen molar-refractivity contribution in [3.63, 3.8) is 0 Å². The van der Waals surface area contributed by atoms with Crippen molar-refractivity contribution >= 4 is 11.4 Å². The highest BCUT2D eigenvalue weighted by molar-refractivity contribution is 5.61. The molecule has 0 atom stereocenters. The van der Waals surface area contributed by atoms with Crippen molar-refractivity contribution in [2.45, 2.75) is 38.5 Å². The minimum Gasteiger partial charge on any atom is -0.495 e. The Balaban J connectivity index is 1.28. The fourth-order valence-electron chi connectivity index (χ4n) is 4.61. The minimum atomic E-state index is -4.38. The second-order valence-electron chi connectivity index (χ2n) is 9.46. The summed E-state index contributed by atoms with van der Waals surface area (Å²) in [5.41, 5.74) is 7.32. The van der Waals surface area contributed by atoms with E-state index in [0.29, 0.717) is 42.6 Å². The van der Waals surface area contributed by atoms with E-state index in [1.54, 1.807) is 0 Å². The fraction of sp³-hybridized carbons (Fsp3) is 0.520. The van der Waals surface area contributed by atoms with E-state index in [4.69, 9.17) is 19.9 Å². The molecule has 0 unspecified atom stereocenters. The van der Waals surface area contributed by atoms with Gasteiger partial charge < -0.3 is 24.8 Å². The Morgan fingerprint density at radius 3 is 2.47 bits per heavy atom. The van der Waals surface area contributed by atoms with Gasteiger partial charge in [-0.15, -0.1) is 0 Å². The van der Waals surface area contributed by atoms with Gasteiger partial charge in [0.25, 0.3) is 0 Å². The molecule has 186 valence electrons. The third-order valence-electron chi connectivity index (χ3n) is 6.24. The maximum Gasteiger partial charge on any atom is 0.416 e. The van der Waals surface area contributed by atoms with E-state index in [2.05, 4.69) is 4.90 Å². The number of alkyl halides is 3. The number of fused-ring (bicyclic) bond motifs is 1. The van der Waals surface area contributed by atoms with Crippen molar-refractivity contribution in [2.75, 3.05) is 57.1 Å². The molecule has 2 N–H and O–H groups in total. The lowest BCUT2D eigenvalue weighted by Gasteiger charge is -2.36. The van der Waals surface area contributed by atoms with Crippen LogP contribution >= 0.6 is 0 Å². The van der Waals surface area contributed by atoms with E-state index < -0.39 is 11.7 Å². The first-order chi connectivity index (χ1) is 16.1. The molecule has 4 rings (SSSR count). The van der Waals surface area contributed by atoms with Crippen LogP contribution in [0.2, 0.25) is 0 Å². The maximum atomic E-state index is 13.2. The molecule has 0 aromatic heterocycles. The zero-order valence-electron chi connectivity index (χ0n) is 19.9. The molecule has 0 aliphatic carbocycles. The number of anilines is 2. The van der Waals surface area contributed by atoms with Gasteiger partial charge in [-0.05, 0) is 44.5 Å². The highest BCUT2D eigenvalue weighted by Crippen LogP contribution is 2.43. The van der Waals surface area contributed by atoms with Gasteiger partial charge in [-0.1, -0.05) is 0 Å². The van der Waals surface area contributed by atoms with Gasteiger partial charge >= 0.3 is 6.18 Å². The van der Waals surface area contributed by atoms with Gasteiger partial charge in [0.05, 0.1) is 25.0 Å². The number of rotatable bonds is 7. The van der Waals surface area contributed by atoms with Gasteiger partial charge in [-0.25, -0.2) is 0 Å². The molecule has 2 aromatic rings. The summed E-state index contributed by atoms with van der Waals surface area (Å²) in [7, 11) is 1.48. The summed E-state index contributed by atoms with van der Waals surface area (Å²) < 4.78 is 56.9. The molecule has 2 aromatic carbocycles. The normalized spacial score (nSPS) is 17.9. The number of nitrogen functional groups attached to an aromatic ring is 1. The standard InChI is InChI=1S/C25H32F3N3O3/c1-24(2)16-17-13-19(29)15-22(23(17)34-24)33-12-4-7-30-8-10-31(11-9-30)20-14-18(25(26,27)28)5-6-21(20)32-3/h5-6,13-15H,4,7-12,16,29H2,1-3H3. The molecule has 0 bridgehead atoms. The van der Waals surface area contributed by atoms with Gasteiger partial charge in [-0.3, -0.25) is 4.90 Å². The first-order valence-corrected chi connectivity index (χ1v) is 11.5. The van der Waals surface area contributed by atoms with Crippen LogP contribution in [0.15, 0.2) is 30.3 Å². The molecule has 1 fully saturated rings. The van der Waals surface area contributed by atoms with Crippen LogP contribution in [-0.2, 0) is 12.6 Å². The highest BCUT2D eigenvalue weighted by atomic mass is 19.4. The summed E-state index contributed by atoms with van der Waals surface area (Å²) in [6.07, 6.45) is -2.77. The van der Waals surface area contributed by atoms with E-state index in [0.717, 1.165) is 49.9 Å². The van der Waals surface area contributed by atoms with Crippen LogP contribution in [0.3, 0.4) is 0 Å². The number of hydrogen-bond donors (Lipinski definition) is 1. The smallest absolute Gasteiger partial charge is 0.416 e. The van der Waals surface area contributed by atoms with Crippen molar-refractivity contribution in [3.05, 3.63) is 41.5 Å². The van der Waals surface area contributed by atoms with Crippen LogP contribution in [0.4, 0.5) is 24.5 Å². The number of halogens is 3.